The summed E-state index contributed by atoms with van der Waals surface area (Å²) >= 11 is 0. The molecule has 0 saturated carbocycles. The molecule has 0 spiro atoms. The van der Waals surface area contributed by atoms with Crippen LogP contribution in [0.4, 0.5) is 13.2 Å². The van der Waals surface area contributed by atoms with E-state index in [0.29, 0.717) is 0 Å². The van der Waals surface area contributed by atoms with E-state index in [1.807, 2.05) is 0 Å². The lowest BCUT2D eigenvalue weighted by atomic mass is 10.3. The van der Waals surface area contributed by atoms with E-state index in [2.05, 4.69) is 4.74 Å². The van der Waals surface area contributed by atoms with Crippen LogP contribution in [0.3, 0.4) is 0 Å². The molecular weight excluding hydrogens is 195 g/mol. The SMILES string of the molecule is N[C@@H](COC(=O)C(F)(F)F)C(=O)O. The number of halogens is 3. The van der Waals surface area contributed by atoms with Crippen LogP contribution < -0.4 is 5.73 Å². The van der Waals surface area contributed by atoms with Gasteiger partial charge in [-0.2, -0.15) is 13.2 Å². The van der Waals surface area contributed by atoms with Gasteiger partial charge < -0.3 is 15.6 Å². The molecule has 13 heavy (non-hydrogen) atoms. The van der Waals surface area contributed by atoms with Crippen LogP contribution in [-0.2, 0) is 14.3 Å². The van der Waals surface area contributed by atoms with Crippen molar-refractivity contribution in [2.24, 2.45) is 5.73 Å². The number of hydrogen-bond donors (Lipinski definition) is 2. The molecule has 0 aromatic carbocycles. The van der Waals surface area contributed by atoms with E-state index in [4.69, 9.17) is 10.8 Å². The number of rotatable bonds is 3. The van der Waals surface area contributed by atoms with Gasteiger partial charge in [0, 0.05) is 0 Å². The maximum atomic E-state index is 11.4. The number of ether oxygens (including phenoxy) is 1. The topological polar surface area (TPSA) is 89.6 Å². The predicted molar refractivity (Wildman–Crippen MR) is 32.6 cm³/mol. The average Bonchev–Trinajstić information content (AvgIpc) is 1.97. The van der Waals surface area contributed by atoms with Crippen LogP contribution in [0.2, 0.25) is 0 Å². The van der Waals surface area contributed by atoms with E-state index in [-0.39, 0.29) is 0 Å². The summed E-state index contributed by atoms with van der Waals surface area (Å²) in [5, 5.41) is 8.10. The summed E-state index contributed by atoms with van der Waals surface area (Å²) in [5.74, 6) is -4.00. The summed E-state index contributed by atoms with van der Waals surface area (Å²) in [5.41, 5.74) is 4.76. The fourth-order valence-electron chi connectivity index (χ4n) is 0.319. The highest BCUT2D eigenvalue weighted by Gasteiger charge is 2.41. The Morgan fingerprint density at radius 2 is 1.92 bits per heavy atom. The number of alkyl halides is 3. The summed E-state index contributed by atoms with van der Waals surface area (Å²) in [7, 11) is 0. The minimum Gasteiger partial charge on any atom is -0.480 e. The zero-order valence-electron chi connectivity index (χ0n) is 6.17. The van der Waals surface area contributed by atoms with Crippen LogP contribution in [0.5, 0.6) is 0 Å². The first kappa shape index (κ1) is 11.7. The standard InChI is InChI=1S/C5H6F3NO4/c6-5(7,8)4(12)13-1-2(9)3(10)11/h2H,1,9H2,(H,10,11)/t2-/m0/s1. The van der Waals surface area contributed by atoms with E-state index in [9.17, 15) is 22.8 Å². The second-order valence-electron chi connectivity index (χ2n) is 2.04. The van der Waals surface area contributed by atoms with Gasteiger partial charge in [0.25, 0.3) is 0 Å². The van der Waals surface area contributed by atoms with Crippen LogP contribution in [0, 0.1) is 0 Å². The normalized spacial score (nSPS) is 13.5. The van der Waals surface area contributed by atoms with Crippen molar-refractivity contribution < 1.29 is 32.6 Å². The van der Waals surface area contributed by atoms with Crippen molar-refractivity contribution in [2.75, 3.05) is 6.61 Å². The third-order valence-electron chi connectivity index (χ3n) is 0.943. The van der Waals surface area contributed by atoms with Gasteiger partial charge in [0.1, 0.15) is 12.6 Å². The Kier molecular flexibility index (Phi) is 3.67. The molecule has 0 fully saturated rings. The van der Waals surface area contributed by atoms with Crippen molar-refractivity contribution in [2.45, 2.75) is 12.2 Å². The number of hydrogen-bond acceptors (Lipinski definition) is 4. The average molecular weight is 201 g/mol. The van der Waals surface area contributed by atoms with Crippen molar-refractivity contribution in [1.82, 2.24) is 0 Å². The van der Waals surface area contributed by atoms with Crippen molar-refractivity contribution in [1.29, 1.82) is 0 Å². The molecule has 0 aliphatic rings. The van der Waals surface area contributed by atoms with Gasteiger partial charge in [-0.05, 0) is 0 Å². The van der Waals surface area contributed by atoms with E-state index in [1.54, 1.807) is 0 Å². The zero-order valence-corrected chi connectivity index (χ0v) is 6.17. The van der Waals surface area contributed by atoms with Crippen LogP contribution in [-0.4, -0.2) is 35.9 Å². The molecule has 8 heteroatoms. The Labute approximate surface area is 70.3 Å². The van der Waals surface area contributed by atoms with Gasteiger partial charge in [0.2, 0.25) is 0 Å². The van der Waals surface area contributed by atoms with Crippen molar-refractivity contribution >= 4 is 11.9 Å². The first-order valence-corrected chi connectivity index (χ1v) is 2.97. The van der Waals surface area contributed by atoms with Crippen LogP contribution in [0.15, 0.2) is 0 Å². The number of carbonyl (C=O) groups is 2. The third kappa shape index (κ3) is 4.31. The molecule has 76 valence electrons. The molecule has 0 rings (SSSR count). The summed E-state index contributed by atoms with van der Waals surface area (Å²) in [6.07, 6.45) is -5.13. The van der Waals surface area contributed by atoms with Crippen LogP contribution >= 0.6 is 0 Å². The van der Waals surface area contributed by atoms with Gasteiger partial charge >= 0.3 is 18.1 Å². The Morgan fingerprint density at radius 3 is 2.23 bits per heavy atom. The lowest BCUT2D eigenvalue weighted by Gasteiger charge is -2.09. The minimum atomic E-state index is -5.13. The highest BCUT2D eigenvalue weighted by Crippen LogP contribution is 2.16. The molecule has 0 bridgehead atoms. The molecule has 0 radical (unpaired) electrons. The molecule has 0 aliphatic heterocycles. The second-order valence-corrected chi connectivity index (χ2v) is 2.04. The lowest BCUT2D eigenvalue weighted by Crippen LogP contribution is -2.38. The molecule has 5 nitrogen and oxygen atoms in total. The smallest absolute Gasteiger partial charge is 0.480 e. The molecule has 3 N–H and O–H groups in total. The van der Waals surface area contributed by atoms with Gasteiger partial charge in [0.15, 0.2) is 0 Å². The number of carboxylic acids is 1. The van der Waals surface area contributed by atoms with E-state index < -0.39 is 30.8 Å². The number of nitrogens with two attached hydrogens (primary N) is 1. The molecular formula is C5H6F3NO4. The Hall–Kier alpha value is -1.31. The van der Waals surface area contributed by atoms with E-state index >= 15 is 0 Å². The second kappa shape index (κ2) is 4.08. The molecule has 0 aliphatic carbocycles. The summed E-state index contributed by atoms with van der Waals surface area (Å²) in [6.45, 7) is -1.01. The van der Waals surface area contributed by atoms with Gasteiger partial charge in [-0.1, -0.05) is 0 Å². The minimum absolute atomic E-state index is 1.01. The summed E-state index contributed by atoms with van der Waals surface area (Å²) < 4.78 is 37.9. The monoisotopic (exact) mass is 201 g/mol. The Bertz CT molecular complexity index is 214. The van der Waals surface area contributed by atoms with Crippen molar-refractivity contribution in [3.8, 4) is 0 Å². The quantitative estimate of drug-likeness (QED) is 0.601. The lowest BCUT2D eigenvalue weighted by molar-refractivity contribution is -0.200. The number of esters is 1. The Balaban J connectivity index is 3.91. The molecule has 1 atom stereocenters. The molecule has 0 unspecified atom stereocenters. The number of carbonyl (C=O) groups excluding carboxylic acids is 1. The van der Waals surface area contributed by atoms with Gasteiger partial charge in [-0.25, -0.2) is 4.79 Å². The molecule has 0 aromatic heterocycles. The molecule has 0 saturated heterocycles. The fraction of sp³-hybridized carbons (Fsp3) is 0.600. The molecule has 0 aromatic rings. The predicted octanol–water partition coefficient (Wildman–Crippen LogP) is -0.496. The zero-order chi connectivity index (χ0) is 10.6. The Morgan fingerprint density at radius 1 is 1.46 bits per heavy atom. The van der Waals surface area contributed by atoms with Crippen LogP contribution in [0.25, 0.3) is 0 Å². The first-order valence-electron chi connectivity index (χ1n) is 2.97. The maximum Gasteiger partial charge on any atom is 0.490 e. The molecule has 0 heterocycles. The number of aliphatic carboxylic acids is 1. The van der Waals surface area contributed by atoms with Gasteiger partial charge in [-0.15, -0.1) is 0 Å². The maximum absolute atomic E-state index is 11.4. The van der Waals surface area contributed by atoms with Crippen molar-refractivity contribution in [3.05, 3.63) is 0 Å². The van der Waals surface area contributed by atoms with Gasteiger partial charge in [-0.3, -0.25) is 4.79 Å². The van der Waals surface area contributed by atoms with E-state index in [0.717, 1.165) is 0 Å². The fourth-order valence-corrected chi connectivity index (χ4v) is 0.319. The highest BCUT2D eigenvalue weighted by atomic mass is 19.4. The van der Waals surface area contributed by atoms with E-state index in [1.165, 1.54) is 0 Å². The largest absolute Gasteiger partial charge is 0.490 e. The van der Waals surface area contributed by atoms with Gasteiger partial charge in [0.05, 0.1) is 0 Å². The highest BCUT2D eigenvalue weighted by molar-refractivity contribution is 5.77. The first-order chi connectivity index (χ1) is 5.75. The third-order valence-corrected chi connectivity index (χ3v) is 0.943. The summed E-state index contributed by atoms with van der Waals surface area (Å²) in [4.78, 5) is 20.0. The molecule has 0 amide bonds. The summed E-state index contributed by atoms with van der Waals surface area (Å²) in [6, 6.07) is -1.65. The van der Waals surface area contributed by atoms with Crippen molar-refractivity contribution in [3.63, 3.8) is 0 Å². The van der Waals surface area contributed by atoms with Crippen LogP contribution in [0.1, 0.15) is 0 Å². The number of carboxylic acid groups (broad SMARTS) is 1.